The number of hydrogen-bond acceptors (Lipinski definition) is 3. The molecular weight excluding hydrogens is 260 g/mol. The van der Waals surface area contributed by atoms with Gasteiger partial charge < -0.3 is 4.74 Å². The van der Waals surface area contributed by atoms with Gasteiger partial charge in [0.15, 0.2) is 0 Å². The van der Waals surface area contributed by atoms with Crippen LogP contribution in [0.1, 0.15) is 31.9 Å². The molecule has 1 aromatic carbocycles. The highest BCUT2D eigenvalue weighted by atomic mass is 35.7. The molecule has 5 heteroatoms. The summed E-state index contributed by atoms with van der Waals surface area (Å²) in [7, 11) is 1.69. The summed E-state index contributed by atoms with van der Waals surface area (Å²) >= 11 is 0. The van der Waals surface area contributed by atoms with E-state index in [0.717, 1.165) is 17.5 Å². The van der Waals surface area contributed by atoms with Crippen molar-refractivity contribution < 1.29 is 13.2 Å². The molecule has 3 nitrogen and oxygen atoms in total. The number of fused-ring (bicyclic) bond motifs is 1. The summed E-state index contributed by atoms with van der Waals surface area (Å²) < 4.78 is 28.5. The zero-order valence-corrected chi connectivity index (χ0v) is 11.7. The van der Waals surface area contributed by atoms with E-state index in [1.165, 1.54) is 0 Å². The smallest absolute Gasteiger partial charge is 0.265 e. The molecule has 1 aliphatic heterocycles. The van der Waals surface area contributed by atoms with E-state index in [4.69, 9.17) is 15.4 Å². The average molecular weight is 275 g/mol. The van der Waals surface area contributed by atoms with Crippen molar-refractivity contribution in [3.8, 4) is 5.75 Å². The van der Waals surface area contributed by atoms with E-state index < -0.39 is 9.05 Å². The maximum Gasteiger partial charge on any atom is 0.265 e. The minimum absolute atomic E-state index is 0.0964. The summed E-state index contributed by atoms with van der Waals surface area (Å²) in [5, 5.41) is 0. The van der Waals surface area contributed by atoms with Gasteiger partial charge in [-0.15, -0.1) is 0 Å². The molecule has 94 valence electrons. The Balaban J connectivity index is 2.71. The van der Waals surface area contributed by atoms with Crippen LogP contribution in [0.5, 0.6) is 5.75 Å². The van der Waals surface area contributed by atoms with Crippen molar-refractivity contribution in [2.75, 3.05) is 6.61 Å². The van der Waals surface area contributed by atoms with Gasteiger partial charge in [0.2, 0.25) is 0 Å². The maximum atomic E-state index is 11.6. The van der Waals surface area contributed by atoms with Crippen LogP contribution in [0.4, 0.5) is 0 Å². The number of rotatable bonds is 1. The fourth-order valence-corrected chi connectivity index (χ4v) is 2.91. The zero-order chi connectivity index (χ0) is 12.8. The monoisotopic (exact) mass is 274 g/mol. The Morgan fingerprint density at radius 1 is 1.29 bits per heavy atom. The second-order valence-electron chi connectivity index (χ2n) is 5.25. The highest BCUT2D eigenvalue weighted by Gasteiger charge is 2.27. The van der Waals surface area contributed by atoms with Crippen molar-refractivity contribution in [2.45, 2.75) is 37.5 Å². The van der Waals surface area contributed by atoms with Gasteiger partial charge in [-0.1, -0.05) is 26.8 Å². The number of ether oxygens (including phenoxy) is 1. The van der Waals surface area contributed by atoms with Crippen LogP contribution in [-0.4, -0.2) is 15.0 Å². The van der Waals surface area contributed by atoms with Crippen LogP contribution in [-0.2, 0) is 20.9 Å². The minimum Gasteiger partial charge on any atom is -0.492 e. The molecule has 0 spiro atoms. The Morgan fingerprint density at radius 2 is 1.94 bits per heavy atom. The van der Waals surface area contributed by atoms with Gasteiger partial charge in [0.05, 0.1) is 6.61 Å². The van der Waals surface area contributed by atoms with Crippen LogP contribution in [0.15, 0.2) is 17.0 Å². The molecule has 0 aromatic heterocycles. The van der Waals surface area contributed by atoms with Crippen molar-refractivity contribution in [3.63, 3.8) is 0 Å². The van der Waals surface area contributed by atoms with Crippen molar-refractivity contribution >= 4 is 19.7 Å². The van der Waals surface area contributed by atoms with E-state index in [0.29, 0.717) is 12.4 Å². The molecule has 0 atom stereocenters. The van der Waals surface area contributed by atoms with E-state index in [1.54, 1.807) is 6.07 Å². The summed E-state index contributed by atoms with van der Waals surface area (Å²) in [6.45, 7) is 6.63. The Hall–Kier alpha value is -0.740. The number of hydrogen-bond donors (Lipinski definition) is 0. The van der Waals surface area contributed by atoms with E-state index in [9.17, 15) is 8.42 Å². The molecule has 0 aliphatic carbocycles. The third-order valence-electron chi connectivity index (χ3n) is 2.88. The first-order chi connectivity index (χ1) is 7.69. The topological polar surface area (TPSA) is 43.4 Å². The Bertz CT molecular complexity index is 556. The lowest BCUT2D eigenvalue weighted by atomic mass is 9.86. The normalized spacial score (nSPS) is 15.5. The lowest BCUT2D eigenvalue weighted by Gasteiger charge is -2.20. The van der Waals surface area contributed by atoms with Gasteiger partial charge in [-0.3, -0.25) is 0 Å². The van der Waals surface area contributed by atoms with Crippen LogP contribution in [0.2, 0.25) is 0 Å². The van der Waals surface area contributed by atoms with Crippen LogP contribution in [0.3, 0.4) is 0 Å². The molecule has 0 bridgehead atoms. The molecule has 17 heavy (non-hydrogen) atoms. The largest absolute Gasteiger partial charge is 0.492 e. The van der Waals surface area contributed by atoms with Crippen molar-refractivity contribution in [2.24, 2.45) is 0 Å². The molecule has 1 aromatic rings. The molecule has 0 radical (unpaired) electrons. The quantitative estimate of drug-likeness (QED) is 0.740. The molecule has 0 amide bonds. The molecular formula is C12H15ClO3S. The lowest BCUT2D eigenvalue weighted by Crippen LogP contribution is -2.12. The SMILES string of the molecule is CC(C)(C)c1cc2c(c(S(=O)(=O)Cl)c1)OCC2. The molecule has 0 fully saturated rings. The summed E-state index contributed by atoms with van der Waals surface area (Å²) in [4.78, 5) is 0.0964. The van der Waals surface area contributed by atoms with E-state index >= 15 is 0 Å². The predicted molar refractivity (Wildman–Crippen MR) is 67.4 cm³/mol. The molecule has 1 aliphatic rings. The fraction of sp³-hybridized carbons (Fsp3) is 0.500. The van der Waals surface area contributed by atoms with E-state index in [2.05, 4.69) is 0 Å². The fourth-order valence-electron chi connectivity index (χ4n) is 1.89. The third-order valence-corrected chi connectivity index (χ3v) is 4.21. The van der Waals surface area contributed by atoms with Crippen LogP contribution in [0.25, 0.3) is 0 Å². The molecule has 1 heterocycles. The summed E-state index contributed by atoms with van der Waals surface area (Å²) in [6, 6.07) is 3.63. The highest BCUT2D eigenvalue weighted by Crippen LogP contribution is 2.38. The number of halogens is 1. The van der Waals surface area contributed by atoms with Crippen LogP contribution in [0, 0.1) is 0 Å². The van der Waals surface area contributed by atoms with Gasteiger partial charge in [-0.2, -0.15) is 0 Å². The molecule has 2 rings (SSSR count). The predicted octanol–water partition coefficient (Wildman–Crippen LogP) is 2.85. The summed E-state index contributed by atoms with van der Waals surface area (Å²) in [5.74, 6) is 0.424. The van der Waals surface area contributed by atoms with Gasteiger partial charge >= 0.3 is 0 Å². The van der Waals surface area contributed by atoms with Gasteiger partial charge in [-0.05, 0) is 22.6 Å². The first-order valence-electron chi connectivity index (χ1n) is 5.44. The molecule has 0 unspecified atom stereocenters. The Morgan fingerprint density at radius 3 is 2.47 bits per heavy atom. The number of benzene rings is 1. The average Bonchev–Trinajstić information content (AvgIpc) is 2.59. The second kappa shape index (κ2) is 3.89. The lowest BCUT2D eigenvalue weighted by molar-refractivity contribution is 0.348. The highest BCUT2D eigenvalue weighted by molar-refractivity contribution is 8.13. The Kier molecular flexibility index (Phi) is 2.91. The molecule has 0 saturated carbocycles. The van der Waals surface area contributed by atoms with Gasteiger partial charge in [0.1, 0.15) is 10.6 Å². The van der Waals surface area contributed by atoms with Crippen LogP contribution < -0.4 is 4.74 Å². The first-order valence-corrected chi connectivity index (χ1v) is 7.75. The van der Waals surface area contributed by atoms with Crippen molar-refractivity contribution in [1.29, 1.82) is 0 Å². The van der Waals surface area contributed by atoms with Crippen LogP contribution >= 0.6 is 10.7 Å². The van der Waals surface area contributed by atoms with Crippen molar-refractivity contribution in [3.05, 3.63) is 23.3 Å². The first kappa shape index (κ1) is 12.7. The minimum atomic E-state index is -3.76. The van der Waals surface area contributed by atoms with E-state index in [1.807, 2.05) is 26.8 Å². The van der Waals surface area contributed by atoms with Gasteiger partial charge in [0, 0.05) is 17.1 Å². The summed E-state index contributed by atoms with van der Waals surface area (Å²) in [5.41, 5.74) is 1.77. The Labute approximate surface area is 106 Å². The standard InChI is InChI=1S/C12H15ClO3S/c1-12(2,3)9-6-8-4-5-16-11(8)10(7-9)17(13,14)15/h6-7H,4-5H2,1-3H3. The van der Waals surface area contributed by atoms with E-state index in [-0.39, 0.29) is 10.3 Å². The van der Waals surface area contributed by atoms with Gasteiger partial charge in [-0.25, -0.2) is 8.42 Å². The molecule has 0 N–H and O–H groups in total. The maximum absolute atomic E-state index is 11.6. The third kappa shape index (κ3) is 2.43. The second-order valence-corrected chi connectivity index (χ2v) is 7.78. The van der Waals surface area contributed by atoms with Gasteiger partial charge in [0.25, 0.3) is 9.05 Å². The summed E-state index contributed by atoms with van der Waals surface area (Å²) in [6.07, 6.45) is 0.735. The van der Waals surface area contributed by atoms with Crippen molar-refractivity contribution in [1.82, 2.24) is 0 Å². The molecule has 0 saturated heterocycles. The zero-order valence-electron chi connectivity index (χ0n) is 10.1.